The van der Waals surface area contributed by atoms with Crippen LogP contribution < -0.4 is 5.32 Å². The predicted molar refractivity (Wildman–Crippen MR) is 74.3 cm³/mol. The number of hydrogen-bond acceptors (Lipinski definition) is 4. The van der Waals surface area contributed by atoms with Crippen molar-refractivity contribution in [1.82, 2.24) is 0 Å². The Balaban J connectivity index is 2.22. The lowest BCUT2D eigenvalue weighted by molar-refractivity contribution is -0.384. The number of nitro groups is 1. The minimum absolute atomic E-state index is 0.124. The molecular weight excluding hydrogens is 244 g/mol. The van der Waals surface area contributed by atoms with E-state index < -0.39 is 0 Å². The van der Waals surface area contributed by atoms with Crippen LogP contribution >= 0.6 is 0 Å². The Morgan fingerprint density at radius 1 is 1.42 bits per heavy atom. The first-order valence-corrected chi connectivity index (χ1v) is 6.75. The van der Waals surface area contributed by atoms with E-state index >= 15 is 0 Å². The molecule has 2 N–H and O–H groups in total. The third kappa shape index (κ3) is 3.04. The highest BCUT2D eigenvalue weighted by molar-refractivity contribution is 5.65. The van der Waals surface area contributed by atoms with Gasteiger partial charge in [0.2, 0.25) is 0 Å². The van der Waals surface area contributed by atoms with Gasteiger partial charge < -0.3 is 10.4 Å². The lowest BCUT2D eigenvalue weighted by atomic mass is 9.85. The Kier molecular flexibility index (Phi) is 4.37. The third-order valence-corrected chi connectivity index (χ3v) is 3.90. The molecule has 0 heterocycles. The average Bonchev–Trinajstić information content (AvgIpc) is 2.39. The smallest absolute Gasteiger partial charge is 0.295 e. The Morgan fingerprint density at radius 2 is 2.16 bits per heavy atom. The molecule has 2 rings (SSSR count). The van der Waals surface area contributed by atoms with Crippen molar-refractivity contribution in [2.75, 3.05) is 11.9 Å². The molecule has 1 aliphatic rings. The Bertz CT molecular complexity index is 462. The second-order valence-corrected chi connectivity index (χ2v) is 5.21. The monoisotopic (exact) mass is 264 g/mol. The number of hydrogen-bond donors (Lipinski definition) is 2. The highest BCUT2D eigenvalue weighted by Crippen LogP contribution is 2.32. The van der Waals surface area contributed by atoms with E-state index in [-0.39, 0.29) is 29.2 Å². The zero-order chi connectivity index (χ0) is 13.8. The summed E-state index contributed by atoms with van der Waals surface area (Å²) in [5, 5.41) is 23.8. The maximum atomic E-state index is 11.2. The van der Waals surface area contributed by atoms with Crippen LogP contribution in [0, 0.1) is 23.0 Å². The van der Waals surface area contributed by atoms with Crippen molar-refractivity contribution >= 4 is 11.4 Å². The number of nitrogens with one attached hydrogen (secondary N) is 1. The molecule has 0 saturated heterocycles. The molecule has 1 aliphatic carbocycles. The zero-order valence-electron chi connectivity index (χ0n) is 11.1. The molecule has 5 heteroatoms. The Labute approximate surface area is 112 Å². The van der Waals surface area contributed by atoms with Gasteiger partial charge in [-0.05, 0) is 25.8 Å². The number of rotatable bonds is 4. The molecular formula is C14H20N2O3. The molecule has 2 atom stereocenters. The van der Waals surface area contributed by atoms with Gasteiger partial charge >= 0.3 is 0 Å². The maximum Gasteiger partial charge on any atom is 0.295 e. The molecule has 104 valence electrons. The SMILES string of the molecule is Cc1cccc(NC2CCCCC2CO)c1[N+](=O)[O-]. The number of aryl methyl sites for hydroxylation is 1. The number of aliphatic hydroxyl groups is 1. The van der Waals surface area contributed by atoms with E-state index in [9.17, 15) is 15.2 Å². The van der Waals surface area contributed by atoms with Crippen LogP contribution in [0.15, 0.2) is 18.2 Å². The second kappa shape index (κ2) is 6.02. The van der Waals surface area contributed by atoms with E-state index in [0.29, 0.717) is 11.3 Å². The van der Waals surface area contributed by atoms with Gasteiger partial charge in [-0.1, -0.05) is 25.0 Å². The number of benzene rings is 1. The summed E-state index contributed by atoms with van der Waals surface area (Å²) in [5.74, 6) is 0.189. The first kappa shape index (κ1) is 13.8. The Hall–Kier alpha value is -1.62. The molecule has 0 radical (unpaired) electrons. The van der Waals surface area contributed by atoms with E-state index in [2.05, 4.69) is 5.32 Å². The normalized spacial score (nSPS) is 23.1. The average molecular weight is 264 g/mol. The van der Waals surface area contributed by atoms with Crippen LogP contribution in [-0.4, -0.2) is 22.7 Å². The van der Waals surface area contributed by atoms with E-state index in [1.54, 1.807) is 19.1 Å². The van der Waals surface area contributed by atoms with E-state index in [0.717, 1.165) is 25.7 Å². The summed E-state index contributed by atoms with van der Waals surface area (Å²) in [6.07, 6.45) is 4.16. The summed E-state index contributed by atoms with van der Waals surface area (Å²) in [7, 11) is 0. The molecule has 1 aromatic rings. The molecule has 0 spiro atoms. The van der Waals surface area contributed by atoms with Crippen molar-refractivity contribution in [2.24, 2.45) is 5.92 Å². The summed E-state index contributed by atoms with van der Waals surface area (Å²) < 4.78 is 0. The van der Waals surface area contributed by atoms with E-state index in [1.807, 2.05) is 6.07 Å². The van der Waals surface area contributed by atoms with Gasteiger partial charge in [-0.15, -0.1) is 0 Å². The molecule has 0 amide bonds. The first-order chi connectivity index (χ1) is 9.13. The summed E-state index contributed by atoms with van der Waals surface area (Å²) in [6, 6.07) is 5.43. The lowest BCUT2D eigenvalue weighted by Crippen LogP contribution is -2.34. The Morgan fingerprint density at radius 3 is 2.84 bits per heavy atom. The van der Waals surface area contributed by atoms with Crippen molar-refractivity contribution in [1.29, 1.82) is 0 Å². The number of nitrogens with zero attached hydrogens (tertiary/aromatic N) is 1. The minimum atomic E-state index is -0.339. The summed E-state index contributed by atoms with van der Waals surface area (Å²) in [6.45, 7) is 1.88. The summed E-state index contributed by atoms with van der Waals surface area (Å²) in [5.41, 5.74) is 1.37. The standard InChI is InChI=1S/C14H20N2O3/c1-10-5-4-8-13(14(10)16(18)19)15-12-7-3-2-6-11(12)9-17/h4-5,8,11-12,15,17H,2-3,6-7,9H2,1H3. The molecule has 19 heavy (non-hydrogen) atoms. The van der Waals surface area contributed by atoms with Crippen molar-refractivity contribution < 1.29 is 10.0 Å². The summed E-state index contributed by atoms with van der Waals surface area (Å²) in [4.78, 5) is 10.8. The van der Waals surface area contributed by atoms with Gasteiger partial charge in [0.25, 0.3) is 5.69 Å². The molecule has 0 aromatic heterocycles. The van der Waals surface area contributed by atoms with Crippen LogP contribution in [0.1, 0.15) is 31.2 Å². The van der Waals surface area contributed by atoms with Gasteiger partial charge in [-0.25, -0.2) is 0 Å². The second-order valence-electron chi connectivity index (χ2n) is 5.21. The van der Waals surface area contributed by atoms with Crippen LogP contribution in [0.4, 0.5) is 11.4 Å². The lowest BCUT2D eigenvalue weighted by Gasteiger charge is -2.31. The van der Waals surface area contributed by atoms with Gasteiger partial charge in [-0.2, -0.15) is 0 Å². The number of anilines is 1. The van der Waals surface area contributed by atoms with Crippen molar-refractivity contribution in [3.05, 3.63) is 33.9 Å². The van der Waals surface area contributed by atoms with Crippen LogP contribution in [0.2, 0.25) is 0 Å². The van der Waals surface area contributed by atoms with E-state index in [1.165, 1.54) is 0 Å². The minimum Gasteiger partial charge on any atom is -0.396 e. The largest absolute Gasteiger partial charge is 0.396 e. The highest BCUT2D eigenvalue weighted by Gasteiger charge is 2.27. The number of nitro benzene ring substituents is 1. The van der Waals surface area contributed by atoms with Crippen LogP contribution in [0.5, 0.6) is 0 Å². The van der Waals surface area contributed by atoms with Gasteiger partial charge in [0.15, 0.2) is 0 Å². The van der Waals surface area contributed by atoms with Crippen LogP contribution in [0.25, 0.3) is 0 Å². The quantitative estimate of drug-likeness (QED) is 0.647. The zero-order valence-corrected chi connectivity index (χ0v) is 11.1. The molecule has 1 fully saturated rings. The van der Waals surface area contributed by atoms with Crippen molar-refractivity contribution in [3.63, 3.8) is 0 Å². The molecule has 2 unspecified atom stereocenters. The number of aliphatic hydroxyl groups excluding tert-OH is 1. The molecule has 0 aliphatic heterocycles. The molecule has 0 bridgehead atoms. The molecule has 1 aromatic carbocycles. The van der Waals surface area contributed by atoms with Gasteiger partial charge in [0.05, 0.1) is 4.92 Å². The summed E-state index contributed by atoms with van der Waals surface area (Å²) >= 11 is 0. The third-order valence-electron chi connectivity index (χ3n) is 3.90. The fourth-order valence-electron chi connectivity index (χ4n) is 2.83. The predicted octanol–water partition coefficient (Wildman–Crippen LogP) is 2.87. The fraction of sp³-hybridized carbons (Fsp3) is 0.571. The highest BCUT2D eigenvalue weighted by atomic mass is 16.6. The van der Waals surface area contributed by atoms with Gasteiger partial charge in [-0.3, -0.25) is 10.1 Å². The topological polar surface area (TPSA) is 75.4 Å². The first-order valence-electron chi connectivity index (χ1n) is 6.75. The fourth-order valence-corrected chi connectivity index (χ4v) is 2.83. The van der Waals surface area contributed by atoms with E-state index in [4.69, 9.17) is 0 Å². The maximum absolute atomic E-state index is 11.2. The van der Waals surface area contributed by atoms with Gasteiger partial charge in [0.1, 0.15) is 5.69 Å². The number of para-hydroxylation sites is 1. The van der Waals surface area contributed by atoms with Crippen LogP contribution in [-0.2, 0) is 0 Å². The molecule has 5 nitrogen and oxygen atoms in total. The van der Waals surface area contributed by atoms with Crippen LogP contribution in [0.3, 0.4) is 0 Å². The van der Waals surface area contributed by atoms with Gasteiger partial charge in [0, 0.05) is 24.1 Å². The molecule has 1 saturated carbocycles. The van der Waals surface area contributed by atoms with Crippen molar-refractivity contribution in [3.8, 4) is 0 Å². The van der Waals surface area contributed by atoms with Crippen molar-refractivity contribution in [2.45, 2.75) is 38.6 Å².